The van der Waals surface area contributed by atoms with Crippen molar-refractivity contribution in [3.63, 3.8) is 0 Å². The summed E-state index contributed by atoms with van der Waals surface area (Å²) in [6, 6.07) is 10.1. The van der Waals surface area contributed by atoms with E-state index < -0.39 is 12.1 Å². The van der Waals surface area contributed by atoms with Gasteiger partial charge in [0, 0.05) is 13.1 Å². The first-order valence-corrected chi connectivity index (χ1v) is 8.45. The van der Waals surface area contributed by atoms with E-state index in [4.69, 9.17) is 9.47 Å². The Morgan fingerprint density at radius 3 is 2.79 bits per heavy atom. The van der Waals surface area contributed by atoms with Crippen LogP contribution < -0.4 is 0 Å². The number of hydrogen-bond acceptors (Lipinski definition) is 5. The van der Waals surface area contributed by atoms with E-state index >= 15 is 0 Å². The maximum atomic E-state index is 12.9. The molecule has 2 atom stereocenters. The minimum Gasteiger partial charge on any atom is -0.467 e. The van der Waals surface area contributed by atoms with E-state index in [1.165, 1.54) is 12.7 Å². The number of hydrogen-bond donors (Lipinski definition) is 0. The van der Waals surface area contributed by atoms with Crippen molar-refractivity contribution in [3.05, 3.63) is 35.9 Å². The molecule has 2 aliphatic rings. The van der Waals surface area contributed by atoms with Crippen LogP contribution in [0.15, 0.2) is 30.3 Å². The number of methoxy groups -OCH3 is 1. The summed E-state index contributed by atoms with van der Waals surface area (Å²) in [4.78, 5) is 28.6. The van der Waals surface area contributed by atoms with E-state index in [9.17, 15) is 9.59 Å². The SMILES string of the molecule is COC(=O)[C@@H]1CN(C(=O)[C@@H]2CCCN2Cc2ccccc2)CCO1. The van der Waals surface area contributed by atoms with E-state index in [0.29, 0.717) is 13.2 Å². The normalized spacial score (nSPS) is 24.8. The lowest BCUT2D eigenvalue weighted by molar-refractivity contribution is -0.163. The summed E-state index contributed by atoms with van der Waals surface area (Å²) in [5.74, 6) is -0.319. The number of esters is 1. The van der Waals surface area contributed by atoms with Gasteiger partial charge in [-0.2, -0.15) is 0 Å². The topological polar surface area (TPSA) is 59.1 Å². The summed E-state index contributed by atoms with van der Waals surface area (Å²) in [5, 5.41) is 0. The van der Waals surface area contributed by atoms with Crippen molar-refractivity contribution in [1.82, 2.24) is 9.80 Å². The fourth-order valence-corrected chi connectivity index (χ4v) is 3.45. The van der Waals surface area contributed by atoms with Crippen LogP contribution in [-0.4, -0.2) is 67.2 Å². The fraction of sp³-hybridized carbons (Fsp3) is 0.556. The average molecular weight is 332 g/mol. The zero-order valence-corrected chi connectivity index (χ0v) is 14.0. The van der Waals surface area contributed by atoms with Crippen LogP contribution in [0.3, 0.4) is 0 Å². The van der Waals surface area contributed by atoms with Gasteiger partial charge in [0.15, 0.2) is 6.10 Å². The largest absolute Gasteiger partial charge is 0.467 e. The van der Waals surface area contributed by atoms with Gasteiger partial charge in [-0.25, -0.2) is 4.79 Å². The highest BCUT2D eigenvalue weighted by Gasteiger charge is 2.37. The number of morpholine rings is 1. The Balaban J connectivity index is 1.63. The molecule has 6 nitrogen and oxygen atoms in total. The van der Waals surface area contributed by atoms with Gasteiger partial charge in [-0.15, -0.1) is 0 Å². The Hall–Kier alpha value is -1.92. The summed E-state index contributed by atoms with van der Waals surface area (Å²) < 4.78 is 10.1. The van der Waals surface area contributed by atoms with Crippen LogP contribution in [0.25, 0.3) is 0 Å². The molecule has 1 aromatic rings. The van der Waals surface area contributed by atoms with Gasteiger partial charge >= 0.3 is 5.97 Å². The summed E-state index contributed by atoms with van der Waals surface area (Å²) in [6.45, 7) is 2.89. The van der Waals surface area contributed by atoms with E-state index in [2.05, 4.69) is 17.0 Å². The van der Waals surface area contributed by atoms with Crippen molar-refractivity contribution in [2.45, 2.75) is 31.5 Å². The average Bonchev–Trinajstić information content (AvgIpc) is 3.09. The molecule has 0 saturated carbocycles. The second-order valence-electron chi connectivity index (χ2n) is 6.28. The van der Waals surface area contributed by atoms with Gasteiger partial charge in [0.25, 0.3) is 0 Å². The van der Waals surface area contributed by atoms with Crippen LogP contribution >= 0.6 is 0 Å². The molecule has 2 fully saturated rings. The molecule has 2 saturated heterocycles. The van der Waals surface area contributed by atoms with E-state index in [-0.39, 0.29) is 18.5 Å². The lowest BCUT2D eigenvalue weighted by Crippen LogP contribution is -2.53. The van der Waals surface area contributed by atoms with Gasteiger partial charge in [-0.05, 0) is 24.9 Å². The van der Waals surface area contributed by atoms with Gasteiger partial charge in [0.1, 0.15) is 0 Å². The lowest BCUT2D eigenvalue weighted by Gasteiger charge is -2.35. The highest BCUT2D eigenvalue weighted by molar-refractivity contribution is 5.83. The maximum Gasteiger partial charge on any atom is 0.336 e. The third kappa shape index (κ3) is 3.76. The van der Waals surface area contributed by atoms with Crippen molar-refractivity contribution in [2.24, 2.45) is 0 Å². The third-order valence-electron chi connectivity index (χ3n) is 4.72. The molecule has 2 aliphatic heterocycles. The van der Waals surface area contributed by atoms with Crippen LogP contribution in [-0.2, 0) is 25.6 Å². The first-order chi connectivity index (χ1) is 11.7. The Morgan fingerprint density at radius 2 is 2.04 bits per heavy atom. The number of benzene rings is 1. The van der Waals surface area contributed by atoms with Gasteiger partial charge in [0.05, 0.1) is 26.3 Å². The molecule has 0 radical (unpaired) electrons. The van der Waals surface area contributed by atoms with Gasteiger partial charge in [-0.3, -0.25) is 9.69 Å². The highest BCUT2D eigenvalue weighted by atomic mass is 16.6. The first-order valence-electron chi connectivity index (χ1n) is 8.45. The quantitative estimate of drug-likeness (QED) is 0.772. The Kier molecular flexibility index (Phi) is 5.48. The van der Waals surface area contributed by atoms with Crippen LogP contribution in [0.4, 0.5) is 0 Å². The second-order valence-corrected chi connectivity index (χ2v) is 6.28. The third-order valence-corrected chi connectivity index (χ3v) is 4.72. The van der Waals surface area contributed by atoms with E-state index in [1.807, 2.05) is 18.2 Å². The minimum absolute atomic E-state index is 0.0978. The zero-order chi connectivity index (χ0) is 16.9. The van der Waals surface area contributed by atoms with Crippen LogP contribution in [0, 0.1) is 0 Å². The highest BCUT2D eigenvalue weighted by Crippen LogP contribution is 2.23. The standard InChI is InChI=1S/C18H24N2O4/c1-23-18(22)16-13-20(10-11-24-16)17(21)15-8-5-9-19(15)12-14-6-3-2-4-7-14/h2-4,6-7,15-16H,5,8-13H2,1H3/t15-,16-/m0/s1. The predicted octanol–water partition coefficient (Wildman–Crippen LogP) is 1.05. The summed E-state index contributed by atoms with van der Waals surface area (Å²) in [5.41, 5.74) is 1.21. The van der Waals surface area contributed by atoms with E-state index in [0.717, 1.165) is 25.9 Å². The lowest BCUT2D eigenvalue weighted by atomic mass is 10.1. The molecule has 6 heteroatoms. The number of nitrogens with zero attached hydrogens (tertiary/aromatic N) is 2. The van der Waals surface area contributed by atoms with Crippen molar-refractivity contribution in [2.75, 3.05) is 33.4 Å². The van der Waals surface area contributed by atoms with Crippen molar-refractivity contribution >= 4 is 11.9 Å². The molecule has 0 N–H and O–H groups in total. The fourth-order valence-electron chi connectivity index (χ4n) is 3.45. The second kappa shape index (κ2) is 7.77. The molecule has 0 aromatic heterocycles. The van der Waals surface area contributed by atoms with Crippen LogP contribution in [0.1, 0.15) is 18.4 Å². The van der Waals surface area contributed by atoms with Crippen molar-refractivity contribution in [3.8, 4) is 0 Å². The minimum atomic E-state index is -0.670. The molecular weight excluding hydrogens is 308 g/mol. The summed E-state index contributed by atoms with van der Waals surface area (Å²) >= 11 is 0. The van der Waals surface area contributed by atoms with Crippen molar-refractivity contribution < 1.29 is 19.1 Å². The molecule has 1 aromatic carbocycles. The Labute approximate surface area is 142 Å². The molecular formula is C18H24N2O4. The molecule has 0 spiro atoms. The van der Waals surface area contributed by atoms with Gasteiger partial charge in [-0.1, -0.05) is 30.3 Å². The smallest absolute Gasteiger partial charge is 0.336 e. The number of rotatable bonds is 4. The van der Waals surface area contributed by atoms with Gasteiger partial charge < -0.3 is 14.4 Å². The number of carbonyl (C=O) groups is 2. The van der Waals surface area contributed by atoms with Crippen LogP contribution in [0.2, 0.25) is 0 Å². The Morgan fingerprint density at radius 1 is 1.25 bits per heavy atom. The molecule has 24 heavy (non-hydrogen) atoms. The number of ether oxygens (including phenoxy) is 2. The molecule has 3 rings (SSSR count). The molecule has 2 heterocycles. The first kappa shape index (κ1) is 16.9. The number of amides is 1. The molecule has 1 amide bonds. The number of carbonyl (C=O) groups excluding carboxylic acids is 2. The zero-order valence-electron chi connectivity index (χ0n) is 14.0. The molecule has 130 valence electrons. The predicted molar refractivity (Wildman–Crippen MR) is 88.2 cm³/mol. The number of likely N-dealkylation sites (tertiary alicyclic amines) is 1. The maximum absolute atomic E-state index is 12.9. The summed E-state index contributed by atoms with van der Waals surface area (Å²) in [6.07, 6.45) is 1.22. The monoisotopic (exact) mass is 332 g/mol. The Bertz CT molecular complexity index is 578. The molecule has 0 unspecified atom stereocenters. The van der Waals surface area contributed by atoms with Crippen LogP contribution in [0.5, 0.6) is 0 Å². The molecule has 0 bridgehead atoms. The van der Waals surface area contributed by atoms with Gasteiger partial charge in [0.2, 0.25) is 5.91 Å². The molecule has 0 aliphatic carbocycles. The van der Waals surface area contributed by atoms with E-state index in [1.54, 1.807) is 4.90 Å². The van der Waals surface area contributed by atoms with Crippen molar-refractivity contribution in [1.29, 1.82) is 0 Å². The summed E-state index contributed by atoms with van der Waals surface area (Å²) in [7, 11) is 1.34.